The van der Waals surface area contributed by atoms with Crippen LogP contribution in [0.4, 0.5) is 10.5 Å². The van der Waals surface area contributed by atoms with Gasteiger partial charge in [0.2, 0.25) is 0 Å². The van der Waals surface area contributed by atoms with Crippen LogP contribution < -0.4 is 10.2 Å². The molecular weight excluding hydrogens is 292 g/mol. The number of nitrogens with one attached hydrogen (secondary N) is 1. The van der Waals surface area contributed by atoms with E-state index in [1.165, 1.54) is 0 Å². The number of hydrogen-bond acceptors (Lipinski definition) is 2. The SMILES string of the molecule is CCN(C(=O)C(NC(=O)O)c1ccccc1)c1ccccc1C. The van der Waals surface area contributed by atoms with Gasteiger partial charge in [-0.3, -0.25) is 4.79 Å². The quantitative estimate of drug-likeness (QED) is 0.889. The lowest BCUT2D eigenvalue weighted by Crippen LogP contribution is -2.43. The van der Waals surface area contributed by atoms with Gasteiger partial charge in [-0.05, 0) is 31.0 Å². The molecule has 2 rings (SSSR count). The summed E-state index contributed by atoms with van der Waals surface area (Å²) in [7, 11) is 0. The Bertz CT molecular complexity index is 686. The summed E-state index contributed by atoms with van der Waals surface area (Å²) in [6, 6.07) is 15.5. The Kier molecular flexibility index (Phi) is 5.36. The van der Waals surface area contributed by atoms with Crippen LogP contribution in [-0.2, 0) is 4.79 Å². The van der Waals surface area contributed by atoms with Crippen LogP contribution >= 0.6 is 0 Å². The molecule has 2 aromatic rings. The molecule has 1 atom stereocenters. The first-order valence-electron chi connectivity index (χ1n) is 7.46. The van der Waals surface area contributed by atoms with E-state index in [1.54, 1.807) is 29.2 Å². The van der Waals surface area contributed by atoms with Gasteiger partial charge in [-0.15, -0.1) is 0 Å². The molecule has 1 unspecified atom stereocenters. The van der Waals surface area contributed by atoms with E-state index in [9.17, 15) is 9.59 Å². The summed E-state index contributed by atoms with van der Waals surface area (Å²) >= 11 is 0. The maximum atomic E-state index is 13.0. The molecule has 0 saturated carbocycles. The molecule has 23 heavy (non-hydrogen) atoms. The Morgan fingerprint density at radius 2 is 1.70 bits per heavy atom. The average Bonchev–Trinajstić information content (AvgIpc) is 2.55. The first kappa shape index (κ1) is 16.5. The second kappa shape index (κ2) is 7.45. The second-order valence-corrected chi connectivity index (χ2v) is 5.16. The number of carbonyl (C=O) groups excluding carboxylic acids is 1. The lowest BCUT2D eigenvalue weighted by atomic mass is 10.0. The van der Waals surface area contributed by atoms with Crippen molar-refractivity contribution < 1.29 is 14.7 Å². The van der Waals surface area contributed by atoms with E-state index in [2.05, 4.69) is 5.32 Å². The lowest BCUT2D eigenvalue weighted by Gasteiger charge is -2.27. The first-order valence-corrected chi connectivity index (χ1v) is 7.46. The Morgan fingerprint density at radius 3 is 2.26 bits per heavy atom. The van der Waals surface area contributed by atoms with Crippen molar-refractivity contribution in [3.63, 3.8) is 0 Å². The maximum absolute atomic E-state index is 13.0. The Morgan fingerprint density at radius 1 is 1.09 bits per heavy atom. The number of rotatable bonds is 5. The molecule has 120 valence electrons. The smallest absolute Gasteiger partial charge is 0.405 e. The van der Waals surface area contributed by atoms with Crippen molar-refractivity contribution in [1.29, 1.82) is 0 Å². The van der Waals surface area contributed by atoms with Crippen LogP contribution in [0, 0.1) is 6.92 Å². The Balaban J connectivity index is 2.39. The van der Waals surface area contributed by atoms with Gasteiger partial charge < -0.3 is 15.3 Å². The Labute approximate surface area is 135 Å². The van der Waals surface area contributed by atoms with Gasteiger partial charge in [-0.1, -0.05) is 48.5 Å². The van der Waals surface area contributed by atoms with Crippen molar-refractivity contribution in [2.24, 2.45) is 0 Å². The molecule has 5 nitrogen and oxygen atoms in total. The normalized spacial score (nSPS) is 11.6. The van der Waals surface area contributed by atoms with E-state index in [0.29, 0.717) is 12.1 Å². The summed E-state index contributed by atoms with van der Waals surface area (Å²) in [4.78, 5) is 25.7. The number of anilines is 1. The van der Waals surface area contributed by atoms with Gasteiger partial charge in [0, 0.05) is 12.2 Å². The molecule has 2 aromatic carbocycles. The van der Waals surface area contributed by atoms with Gasteiger partial charge in [0.05, 0.1) is 0 Å². The standard InChI is InChI=1S/C18H20N2O3/c1-3-20(15-12-8-7-9-13(15)2)17(21)16(19-18(22)23)14-10-5-4-6-11-14/h4-12,16,19H,3H2,1-2H3,(H,22,23). The molecule has 0 fully saturated rings. The molecule has 0 bridgehead atoms. The molecular formula is C18H20N2O3. The third-order valence-electron chi connectivity index (χ3n) is 3.64. The third-order valence-corrected chi connectivity index (χ3v) is 3.64. The summed E-state index contributed by atoms with van der Waals surface area (Å²) < 4.78 is 0. The second-order valence-electron chi connectivity index (χ2n) is 5.16. The molecule has 2 N–H and O–H groups in total. The van der Waals surface area contributed by atoms with E-state index >= 15 is 0 Å². The van der Waals surface area contributed by atoms with Crippen molar-refractivity contribution in [3.8, 4) is 0 Å². The van der Waals surface area contributed by atoms with E-state index in [0.717, 1.165) is 11.3 Å². The average molecular weight is 312 g/mol. The topological polar surface area (TPSA) is 69.6 Å². The number of aryl methyl sites for hydroxylation is 1. The largest absolute Gasteiger partial charge is 0.465 e. The van der Waals surface area contributed by atoms with Crippen LogP contribution in [0.3, 0.4) is 0 Å². The monoisotopic (exact) mass is 312 g/mol. The summed E-state index contributed by atoms with van der Waals surface area (Å²) in [5, 5.41) is 11.4. The number of carboxylic acid groups (broad SMARTS) is 1. The number of carbonyl (C=O) groups is 2. The summed E-state index contributed by atoms with van der Waals surface area (Å²) in [6.07, 6.45) is -1.23. The fourth-order valence-electron chi connectivity index (χ4n) is 2.52. The van der Waals surface area contributed by atoms with Crippen molar-refractivity contribution in [1.82, 2.24) is 5.32 Å². The van der Waals surface area contributed by atoms with E-state index in [4.69, 9.17) is 5.11 Å². The molecule has 0 heterocycles. The number of benzene rings is 2. The third kappa shape index (κ3) is 3.88. The highest BCUT2D eigenvalue weighted by atomic mass is 16.4. The summed E-state index contributed by atoms with van der Waals surface area (Å²) in [5.41, 5.74) is 2.37. The molecule has 0 spiro atoms. The molecule has 0 aromatic heterocycles. The highest BCUT2D eigenvalue weighted by molar-refractivity contribution is 5.99. The van der Waals surface area contributed by atoms with Crippen LogP contribution in [0.2, 0.25) is 0 Å². The predicted octanol–water partition coefficient (Wildman–Crippen LogP) is 3.36. The van der Waals surface area contributed by atoms with Crippen molar-refractivity contribution in [3.05, 3.63) is 65.7 Å². The van der Waals surface area contributed by atoms with E-state index in [-0.39, 0.29) is 5.91 Å². The lowest BCUT2D eigenvalue weighted by molar-refractivity contribution is -0.120. The number of hydrogen-bond donors (Lipinski definition) is 2. The zero-order chi connectivity index (χ0) is 16.8. The molecule has 0 aliphatic carbocycles. The van der Waals surface area contributed by atoms with Crippen molar-refractivity contribution in [2.75, 3.05) is 11.4 Å². The minimum Gasteiger partial charge on any atom is -0.465 e. The maximum Gasteiger partial charge on any atom is 0.405 e. The fraction of sp³-hybridized carbons (Fsp3) is 0.222. The number of likely N-dealkylation sites (N-methyl/N-ethyl adjacent to an activating group) is 1. The summed E-state index contributed by atoms with van der Waals surface area (Å²) in [5.74, 6) is -0.296. The fourth-order valence-corrected chi connectivity index (χ4v) is 2.52. The van der Waals surface area contributed by atoms with Gasteiger partial charge in [0.1, 0.15) is 6.04 Å². The van der Waals surface area contributed by atoms with Gasteiger partial charge >= 0.3 is 6.09 Å². The number of amides is 2. The minimum atomic E-state index is -1.23. The van der Waals surface area contributed by atoms with Crippen LogP contribution in [0.1, 0.15) is 24.1 Å². The first-order chi connectivity index (χ1) is 11.0. The van der Waals surface area contributed by atoms with Gasteiger partial charge in [-0.2, -0.15) is 0 Å². The molecule has 5 heteroatoms. The van der Waals surface area contributed by atoms with Gasteiger partial charge in [-0.25, -0.2) is 4.79 Å². The van der Waals surface area contributed by atoms with E-state index < -0.39 is 12.1 Å². The summed E-state index contributed by atoms with van der Waals surface area (Å²) in [6.45, 7) is 4.24. The zero-order valence-electron chi connectivity index (χ0n) is 13.2. The zero-order valence-corrected chi connectivity index (χ0v) is 13.2. The van der Waals surface area contributed by atoms with Crippen LogP contribution in [0.5, 0.6) is 0 Å². The molecule has 0 aliphatic heterocycles. The molecule has 0 saturated heterocycles. The van der Waals surface area contributed by atoms with E-state index in [1.807, 2.05) is 44.2 Å². The number of nitrogens with zero attached hydrogens (tertiary/aromatic N) is 1. The highest BCUT2D eigenvalue weighted by Gasteiger charge is 2.28. The highest BCUT2D eigenvalue weighted by Crippen LogP contribution is 2.24. The van der Waals surface area contributed by atoms with Crippen molar-refractivity contribution in [2.45, 2.75) is 19.9 Å². The Hall–Kier alpha value is -2.82. The van der Waals surface area contributed by atoms with Crippen LogP contribution in [-0.4, -0.2) is 23.7 Å². The predicted molar refractivity (Wildman–Crippen MR) is 89.5 cm³/mol. The number of para-hydroxylation sites is 1. The van der Waals surface area contributed by atoms with Crippen molar-refractivity contribution >= 4 is 17.7 Å². The van der Waals surface area contributed by atoms with Crippen LogP contribution in [0.25, 0.3) is 0 Å². The minimum absolute atomic E-state index is 0.296. The van der Waals surface area contributed by atoms with Gasteiger partial charge in [0.15, 0.2) is 0 Å². The van der Waals surface area contributed by atoms with Gasteiger partial charge in [0.25, 0.3) is 5.91 Å². The molecule has 2 amide bonds. The molecule has 0 aliphatic rings. The molecule has 0 radical (unpaired) electrons. The van der Waals surface area contributed by atoms with Crippen LogP contribution in [0.15, 0.2) is 54.6 Å².